The molecule has 1 aliphatic rings. The number of hydrogen-bond donors (Lipinski definition) is 2. The fourth-order valence-electron chi connectivity index (χ4n) is 0.826. The molecule has 1 N–H and O–H groups in total. The molecule has 0 aromatic rings. The minimum Gasteiger partial charge on any atom is -0.352 e. The molecule has 2 nitrogen and oxygen atoms in total. The zero-order valence-electron chi connectivity index (χ0n) is 6.29. The Balaban J connectivity index is 2.20. The lowest BCUT2D eigenvalue weighted by atomic mass is 10.4. The Hall–Kier alpha value is -0.180. The van der Waals surface area contributed by atoms with Crippen molar-refractivity contribution in [2.75, 3.05) is 0 Å². The predicted octanol–water partition coefficient (Wildman–Crippen LogP) is 0.829. The Morgan fingerprint density at radius 2 is 2.30 bits per heavy atom. The van der Waals surface area contributed by atoms with Crippen molar-refractivity contribution >= 4 is 18.5 Å². The smallest absolute Gasteiger partial charge is 0.232 e. The summed E-state index contributed by atoms with van der Waals surface area (Å²) in [5.41, 5.74) is 0. The van der Waals surface area contributed by atoms with Gasteiger partial charge in [-0.2, -0.15) is 12.6 Å². The van der Waals surface area contributed by atoms with Crippen LogP contribution in [0, 0.1) is 5.92 Å². The number of thiol groups is 1. The molecule has 3 atom stereocenters. The molecule has 1 rings (SSSR count). The van der Waals surface area contributed by atoms with Crippen molar-refractivity contribution < 1.29 is 4.79 Å². The number of carbonyl (C=O) groups excluding carboxylic acids is 1. The molecular weight excluding hydrogens is 146 g/mol. The second-order valence-corrected chi connectivity index (χ2v) is 3.78. The summed E-state index contributed by atoms with van der Waals surface area (Å²) >= 11 is 4.01. The first-order valence-corrected chi connectivity index (χ1v) is 4.11. The fourth-order valence-corrected chi connectivity index (χ4v) is 0.901. The van der Waals surface area contributed by atoms with Crippen LogP contribution in [0.15, 0.2) is 0 Å². The largest absolute Gasteiger partial charge is 0.352 e. The Kier molecular flexibility index (Phi) is 2.24. The lowest BCUT2D eigenvalue weighted by Crippen LogP contribution is -2.32. The van der Waals surface area contributed by atoms with Gasteiger partial charge in [0.1, 0.15) is 0 Å². The molecule has 0 saturated heterocycles. The minimum atomic E-state index is -0.173. The molecular formula is C7H13NOS. The zero-order chi connectivity index (χ0) is 7.72. The Morgan fingerprint density at radius 1 is 1.80 bits per heavy atom. The normalized spacial score (nSPS) is 33.1. The lowest BCUT2D eigenvalue weighted by molar-refractivity contribution is -0.120. The molecule has 0 aromatic heterocycles. The summed E-state index contributed by atoms with van der Waals surface area (Å²) in [6, 6.07) is 0.432. The van der Waals surface area contributed by atoms with Crippen LogP contribution in [0.1, 0.15) is 20.3 Å². The SMILES string of the molecule is CC(S)C(=O)NC1CC1C. The molecule has 0 radical (unpaired) electrons. The maximum absolute atomic E-state index is 11.0. The van der Waals surface area contributed by atoms with Crippen LogP contribution in [0.3, 0.4) is 0 Å². The number of carbonyl (C=O) groups is 1. The van der Waals surface area contributed by atoms with Gasteiger partial charge in [0, 0.05) is 6.04 Å². The summed E-state index contributed by atoms with van der Waals surface area (Å²) in [5, 5.41) is 2.71. The van der Waals surface area contributed by atoms with E-state index in [2.05, 4.69) is 24.9 Å². The number of nitrogens with one attached hydrogen (secondary N) is 1. The van der Waals surface area contributed by atoms with E-state index in [0.29, 0.717) is 12.0 Å². The number of amides is 1. The van der Waals surface area contributed by atoms with Crippen LogP contribution in [0.2, 0.25) is 0 Å². The van der Waals surface area contributed by atoms with Crippen LogP contribution in [-0.4, -0.2) is 17.2 Å². The van der Waals surface area contributed by atoms with E-state index in [0.717, 1.165) is 6.42 Å². The van der Waals surface area contributed by atoms with E-state index in [1.807, 2.05) is 0 Å². The van der Waals surface area contributed by atoms with Gasteiger partial charge in [-0.1, -0.05) is 6.92 Å². The Morgan fingerprint density at radius 3 is 2.60 bits per heavy atom. The third-order valence-corrected chi connectivity index (χ3v) is 2.05. The van der Waals surface area contributed by atoms with E-state index in [1.54, 1.807) is 6.92 Å². The van der Waals surface area contributed by atoms with Crippen LogP contribution < -0.4 is 5.32 Å². The van der Waals surface area contributed by atoms with E-state index in [-0.39, 0.29) is 11.2 Å². The van der Waals surface area contributed by atoms with E-state index < -0.39 is 0 Å². The minimum absolute atomic E-state index is 0.0534. The highest BCUT2D eigenvalue weighted by molar-refractivity contribution is 7.81. The Labute approximate surface area is 66.8 Å². The first kappa shape index (κ1) is 7.92. The van der Waals surface area contributed by atoms with Crippen molar-refractivity contribution in [3.8, 4) is 0 Å². The van der Waals surface area contributed by atoms with Crippen LogP contribution >= 0.6 is 12.6 Å². The van der Waals surface area contributed by atoms with Gasteiger partial charge in [0.25, 0.3) is 0 Å². The molecule has 0 heterocycles. The molecule has 0 aromatic carbocycles. The second kappa shape index (κ2) is 2.82. The van der Waals surface area contributed by atoms with Gasteiger partial charge < -0.3 is 5.32 Å². The Bertz CT molecular complexity index is 147. The molecule has 3 unspecified atom stereocenters. The molecule has 1 saturated carbocycles. The highest BCUT2D eigenvalue weighted by Crippen LogP contribution is 2.28. The van der Waals surface area contributed by atoms with Crippen LogP contribution in [0.5, 0.6) is 0 Å². The number of hydrogen-bond acceptors (Lipinski definition) is 2. The summed E-state index contributed by atoms with van der Waals surface area (Å²) < 4.78 is 0. The van der Waals surface area contributed by atoms with Crippen molar-refractivity contribution in [1.82, 2.24) is 5.32 Å². The predicted molar refractivity (Wildman–Crippen MR) is 44.2 cm³/mol. The molecule has 1 aliphatic carbocycles. The van der Waals surface area contributed by atoms with Gasteiger partial charge in [-0.3, -0.25) is 4.79 Å². The summed E-state index contributed by atoms with van der Waals surface area (Å²) in [4.78, 5) is 11.0. The molecule has 58 valence electrons. The maximum atomic E-state index is 11.0. The van der Waals surface area contributed by atoms with Crippen molar-refractivity contribution in [1.29, 1.82) is 0 Å². The fraction of sp³-hybridized carbons (Fsp3) is 0.857. The summed E-state index contributed by atoms with van der Waals surface area (Å²) in [6.45, 7) is 3.92. The highest BCUT2D eigenvalue weighted by Gasteiger charge is 2.34. The van der Waals surface area contributed by atoms with Crippen molar-refractivity contribution in [2.45, 2.75) is 31.6 Å². The second-order valence-electron chi connectivity index (χ2n) is 3.00. The van der Waals surface area contributed by atoms with Gasteiger partial charge in [-0.05, 0) is 19.3 Å². The lowest BCUT2D eigenvalue weighted by Gasteiger charge is -2.04. The first-order valence-electron chi connectivity index (χ1n) is 3.59. The van der Waals surface area contributed by atoms with Crippen LogP contribution in [0.4, 0.5) is 0 Å². The molecule has 0 spiro atoms. The van der Waals surface area contributed by atoms with E-state index in [4.69, 9.17) is 0 Å². The summed E-state index contributed by atoms with van der Waals surface area (Å²) in [6.07, 6.45) is 1.13. The molecule has 3 heteroatoms. The monoisotopic (exact) mass is 159 g/mol. The molecule has 0 bridgehead atoms. The summed E-state index contributed by atoms with van der Waals surface area (Å²) in [7, 11) is 0. The van der Waals surface area contributed by atoms with Crippen molar-refractivity contribution in [3.05, 3.63) is 0 Å². The van der Waals surface area contributed by atoms with Gasteiger partial charge in [0.2, 0.25) is 5.91 Å². The topological polar surface area (TPSA) is 29.1 Å². The highest BCUT2D eigenvalue weighted by atomic mass is 32.1. The van der Waals surface area contributed by atoms with Gasteiger partial charge >= 0.3 is 0 Å². The average Bonchev–Trinajstić information content (AvgIpc) is 2.46. The molecule has 10 heavy (non-hydrogen) atoms. The van der Waals surface area contributed by atoms with Crippen LogP contribution in [-0.2, 0) is 4.79 Å². The first-order chi connectivity index (χ1) is 4.61. The van der Waals surface area contributed by atoms with Gasteiger partial charge in [-0.15, -0.1) is 0 Å². The standard InChI is InChI=1S/C7H13NOS/c1-4-3-6(4)8-7(9)5(2)10/h4-6,10H,3H2,1-2H3,(H,8,9). The maximum Gasteiger partial charge on any atom is 0.232 e. The molecule has 1 fully saturated rings. The molecule has 1 amide bonds. The summed E-state index contributed by atoms with van der Waals surface area (Å²) in [5.74, 6) is 0.730. The van der Waals surface area contributed by atoms with Gasteiger partial charge in [-0.25, -0.2) is 0 Å². The number of rotatable bonds is 2. The van der Waals surface area contributed by atoms with Gasteiger partial charge in [0.15, 0.2) is 0 Å². The van der Waals surface area contributed by atoms with Crippen molar-refractivity contribution in [2.24, 2.45) is 5.92 Å². The van der Waals surface area contributed by atoms with E-state index in [9.17, 15) is 4.79 Å². The molecule has 0 aliphatic heterocycles. The van der Waals surface area contributed by atoms with Gasteiger partial charge in [0.05, 0.1) is 5.25 Å². The van der Waals surface area contributed by atoms with Crippen molar-refractivity contribution in [3.63, 3.8) is 0 Å². The quantitative estimate of drug-likeness (QED) is 0.574. The third-order valence-electron chi connectivity index (χ3n) is 1.82. The van der Waals surface area contributed by atoms with E-state index >= 15 is 0 Å². The van der Waals surface area contributed by atoms with E-state index in [1.165, 1.54) is 0 Å². The average molecular weight is 159 g/mol. The third kappa shape index (κ3) is 1.90. The zero-order valence-corrected chi connectivity index (χ0v) is 7.19. The van der Waals surface area contributed by atoms with Crippen LogP contribution in [0.25, 0.3) is 0 Å².